The maximum absolute atomic E-state index is 13.1. The van der Waals surface area contributed by atoms with Crippen molar-refractivity contribution in [3.63, 3.8) is 0 Å². The molecule has 0 radical (unpaired) electrons. The number of carbonyl (C=O) groups is 1. The van der Waals surface area contributed by atoms with E-state index in [1.54, 1.807) is 10.8 Å². The largest absolute Gasteiger partial charge is 0.353 e. The van der Waals surface area contributed by atoms with Crippen molar-refractivity contribution in [3.05, 3.63) is 28.7 Å². The van der Waals surface area contributed by atoms with Crippen LogP contribution in [0.15, 0.2) is 23.1 Å². The maximum atomic E-state index is 13.1. The SMILES string of the molecule is CCn1c(=O)c(N2CCCC(C(=O)NC3CCCCCCC3)C2)nc2cccnc21. The van der Waals surface area contributed by atoms with Gasteiger partial charge in [0, 0.05) is 31.9 Å². The lowest BCUT2D eigenvalue weighted by Crippen LogP contribution is -2.47. The third-order valence-electron chi connectivity index (χ3n) is 6.54. The number of carbonyl (C=O) groups excluding carboxylic acids is 1. The Kier molecular flexibility index (Phi) is 6.65. The molecule has 0 bridgehead atoms. The second-order valence-electron chi connectivity index (χ2n) is 8.67. The number of aryl methyl sites for hydroxylation is 1. The van der Waals surface area contributed by atoms with Gasteiger partial charge in [0.05, 0.1) is 5.92 Å². The molecular weight excluding hydrogens is 378 g/mol. The topological polar surface area (TPSA) is 80.1 Å². The van der Waals surface area contributed by atoms with Gasteiger partial charge in [-0.3, -0.25) is 14.2 Å². The van der Waals surface area contributed by atoms with Gasteiger partial charge in [-0.15, -0.1) is 0 Å². The fourth-order valence-electron chi connectivity index (χ4n) is 4.86. The molecule has 1 saturated carbocycles. The number of pyridine rings is 1. The molecule has 4 rings (SSSR count). The second-order valence-corrected chi connectivity index (χ2v) is 8.67. The molecule has 1 aliphatic carbocycles. The Labute approximate surface area is 177 Å². The van der Waals surface area contributed by atoms with Crippen LogP contribution in [0, 0.1) is 5.92 Å². The first kappa shape index (κ1) is 20.8. The van der Waals surface area contributed by atoms with E-state index in [1.807, 2.05) is 24.0 Å². The Morgan fingerprint density at radius 1 is 1.13 bits per heavy atom. The van der Waals surface area contributed by atoms with Crippen LogP contribution in [-0.4, -0.2) is 39.6 Å². The monoisotopic (exact) mass is 411 g/mol. The fourth-order valence-corrected chi connectivity index (χ4v) is 4.86. The number of amides is 1. The normalized spacial score (nSPS) is 21.2. The van der Waals surface area contributed by atoms with Crippen LogP contribution in [0.1, 0.15) is 64.7 Å². The molecule has 1 saturated heterocycles. The Balaban J connectivity index is 1.50. The van der Waals surface area contributed by atoms with Crippen molar-refractivity contribution in [1.82, 2.24) is 19.9 Å². The third-order valence-corrected chi connectivity index (χ3v) is 6.54. The van der Waals surface area contributed by atoms with Gasteiger partial charge < -0.3 is 10.2 Å². The highest BCUT2D eigenvalue weighted by Gasteiger charge is 2.29. The van der Waals surface area contributed by atoms with Crippen LogP contribution >= 0.6 is 0 Å². The lowest BCUT2D eigenvalue weighted by molar-refractivity contribution is -0.126. The van der Waals surface area contributed by atoms with Crippen molar-refractivity contribution in [3.8, 4) is 0 Å². The molecule has 7 heteroatoms. The van der Waals surface area contributed by atoms with Gasteiger partial charge in [-0.2, -0.15) is 0 Å². The molecule has 1 unspecified atom stereocenters. The van der Waals surface area contributed by atoms with Crippen LogP contribution in [0.4, 0.5) is 5.82 Å². The first-order chi connectivity index (χ1) is 14.7. The Bertz CT molecular complexity index is 933. The summed E-state index contributed by atoms with van der Waals surface area (Å²) in [5.74, 6) is 0.495. The fraction of sp³-hybridized carbons (Fsp3) is 0.652. The molecule has 1 atom stereocenters. The van der Waals surface area contributed by atoms with Crippen LogP contribution in [-0.2, 0) is 11.3 Å². The predicted molar refractivity (Wildman–Crippen MR) is 119 cm³/mol. The summed E-state index contributed by atoms with van der Waals surface area (Å²) in [5, 5.41) is 3.32. The lowest BCUT2D eigenvalue weighted by atomic mass is 9.94. The number of piperidine rings is 1. The highest BCUT2D eigenvalue weighted by atomic mass is 16.2. The average Bonchev–Trinajstić information content (AvgIpc) is 2.75. The van der Waals surface area contributed by atoms with Crippen molar-refractivity contribution in [1.29, 1.82) is 0 Å². The second kappa shape index (κ2) is 9.58. The minimum absolute atomic E-state index is 0.0925. The van der Waals surface area contributed by atoms with Gasteiger partial charge in [-0.25, -0.2) is 9.97 Å². The molecule has 1 amide bonds. The number of hydrogen-bond donors (Lipinski definition) is 1. The van der Waals surface area contributed by atoms with Gasteiger partial charge in [-0.05, 0) is 44.7 Å². The molecule has 0 spiro atoms. The Hall–Kier alpha value is -2.44. The molecule has 2 aliphatic rings. The van der Waals surface area contributed by atoms with Crippen molar-refractivity contribution < 1.29 is 4.79 Å². The summed E-state index contributed by atoms with van der Waals surface area (Å²) in [6, 6.07) is 4.03. The van der Waals surface area contributed by atoms with Crippen molar-refractivity contribution >= 4 is 22.9 Å². The van der Waals surface area contributed by atoms with E-state index in [2.05, 4.69) is 15.3 Å². The zero-order valence-electron chi connectivity index (χ0n) is 18.0. The van der Waals surface area contributed by atoms with E-state index in [4.69, 9.17) is 0 Å². The van der Waals surface area contributed by atoms with Gasteiger partial charge in [0.1, 0.15) is 5.52 Å². The van der Waals surface area contributed by atoms with Gasteiger partial charge >= 0.3 is 0 Å². The van der Waals surface area contributed by atoms with E-state index in [0.717, 1.165) is 37.7 Å². The minimum Gasteiger partial charge on any atom is -0.353 e. The molecule has 30 heavy (non-hydrogen) atoms. The summed E-state index contributed by atoms with van der Waals surface area (Å²) < 4.78 is 1.68. The average molecular weight is 412 g/mol. The van der Waals surface area contributed by atoms with E-state index < -0.39 is 0 Å². The molecule has 7 nitrogen and oxygen atoms in total. The van der Waals surface area contributed by atoms with Crippen LogP contribution in [0.25, 0.3) is 11.2 Å². The van der Waals surface area contributed by atoms with Crippen LogP contribution < -0.4 is 15.8 Å². The number of hydrogen-bond acceptors (Lipinski definition) is 5. The number of anilines is 1. The Morgan fingerprint density at radius 3 is 2.67 bits per heavy atom. The molecule has 2 fully saturated rings. The maximum Gasteiger partial charge on any atom is 0.295 e. The summed E-state index contributed by atoms with van der Waals surface area (Å²) >= 11 is 0. The van der Waals surface area contributed by atoms with Gasteiger partial charge in [0.15, 0.2) is 11.5 Å². The predicted octanol–water partition coefficient (Wildman–Crippen LogP) is 3.26. The summed E-state index contributed by atoms with van der Waals surface area (Å²) in [6.07, 6.45) is 11.9. The van der Waals surface area contributed by atoms with E-state index in [9.17, 15) is 9.59 Å². The smallest absolute Gasteiger partial charge is 0.295 e. The summed E-state index contributed by atoms with van der Waals surface area (Å²) in [6.45, 7) is 3.79. The summed E-state index contributed by atoms with van der Waals surface area (Å²) in [4.78, 5) is 37.1. The van der Waals surface area contributed by atoms with Gasteiger partial charge in [0.2, 0.25) is 5.91 Å². The molecule has 2 aromatic heterocycles. The van der Waals surface area contributed by atoms with Crippen molar-refractivity contribution in [2.75, 3.05) is 18.0 Å². The minimum atomic E-state index is -0.121. The number of nitrogens with one attached hydrogen (secondary N) is 1. The molecule has 162 valence electrons. The standard InChI is InChI=1S/C23H33N5O2/c1-2-28-20-19(13-8-14-24-20)26-21(23(28)30)27-15-9-10-17(16-27)22(29)25-18-11-6-4-3-5-7-12-18/h8,13-14,17-18H,2-7,9-12,15-16H2,1H3,(H,25,29). The molecule has 1 aliphatic heterocycles. The van der Waals surface area contributed by atoms with E-state index >= 15 is 0 Å². The first-order valence-electron chi connectivity index (χ1n) is 11.6. The number of rotatable bonds is 4. The van der Waals surface area contributed by atoms with Crippen LogP contribution in [0.5, 0.6) is 0 Å². The van der Waals surface area contributed by atoms with Crippen LogP contribution in [0.3, 0.4) is 0 Å². The number of nitrogens with zero attached hydrogens (tertiary/aromatic N) is 4. The highest BCUT2D eigenvalue weighted by molar-refractivity contribution is 5.80. The quantitative estimate of drug-likeness (QED) is 0.835. The summed E-state index contributed by atoms with van der Waals surface area (Å²) in [5.41, 5.74) is 1.21. The first-order valence-corrected chi connectivity index (χ1v) is 11.6. The number of fused-ring (bicyclic) bond motifs is 1. The van der Waals surface area contributed by atoms with E-state index in [1.165, 1.54) is 32.1 Å². The summed E-state index contributed by atoms with van der Waals surface area (Å²) in [7, 11) is 0. The van der Waals surface area contributed by atoms with E-state index in [-0.39, 0.29) is 17.4 Å². The lowest BCUT2D eigenvalue weighted by Gasteiger charge is -2.33. The van der Waals surface area contributed by atoms with Crippen LogP contribution in [0.2, 0.25) is 0 Å². The van der Waals surface area contributed by atoms with Crippen molar-refractivity contribution in [2.24, 2.45) is 5.92 Å². The third kappa shape index (κ3) is 4.50. The molecule has 1 N–H and O–H groups in total. The molecule has 2 aromatic rings. The van der Waals surface area contributed by atoms with Crippen molar-refractivity contribution in [2.45, 2.75) is 77.3 Å². The van der Waals surface area contributed by atoms with Gasteiger partial charge in [0.25, 0.3) is 5.56 Å². The zero-order chi connectivity index (χ0) is 20.9. The Morgan fingerprint density at radius 2 is 1.90 bits per heavy atom. The highest BCUT2D eigenvalue weighted by Crippen LogP contribution is 2.23. The molecule has 0 aromatic carbocycles. The van der Waals surface area contributed by atoms with E-state index in [0.29, 0.717) is 30.6 Å². The molecule has 3 heterocycles. The molecular formula is C23H33N5O2. The number of aromatic nitrogens is 3. The zero-order valence-corrected chi connectivity index (χ0v) is 18.0. The van der Waals surface area contributed by atoms with Gasteiger partial charge in [-0.1, -0.05) is 32.1 Å².